The number of halogens is 2. The highest BCUT2D eigenvalue weighted by Crippen LogP contribution is 2.10. The zero-order chi connectivity index (χ0) is 15.2. The average molecular weight is 331 g/mol. The Hall–Kier alpha value is -1.66. The molecule has 1 heterocycles. The predicted molar refractivity (Wildman–Crippen MR) is 82.6 cm³/mol. The van der Waals surface area contributed by atoms with Crippen LogP contribution in [0.4, 0.5) is 4.39 Å². The third-order valence-corrected chi connectivity index (χ3v) is 3.67. The second kappa shape index (κ2) is 8.70. The van der Waals surface area contributed by atoms with Crippen LogP contribution in [0.1, 0.15) is 12.0 Å². The van der Waals surface area contributed by atoms with Gasteiger partial charge >= 0.3 is 5.97 Å². The van der Waals surface area contributed by atoms with Gasteiger partial charge < -0.3 is 10.0 Å². The number of carbonyl (C=O) groups is 2. The molecule has 0 atom stereocenters. The summed E-state index contributed by atoms with van der Waals surface area (Å²) in [4.78, 5) is 26.4. The molecule has 1 aromatic rings. The largest absolute Gasteiger partial charge is 0.481 e. The number of aliphatic carboxylic acids is 1. The highest BCUT2D eigenvalue weighted by molar-refractivity contribution is 5.85. The van der Waals surface area contributed by atoms with Gasteiger partial charge in [0, 0.05) is 32.7 Å². The molecular weight excluding hydrogens is 311 g/mol. The second-order valence-corrected chi connectivity index (χ2v) is 5.13. The Morgan fingerprint density at radius 1 is 1.14 bits per heavy atom. The van der Waals surface area contributed by atoms with E-state index in [1.807, 2.05) is 4.90 Å². The molecule has 1 aliphatic heterocycles. The first-order valence-electron chi connectivity index (χ1n) is 7.01. The Morgan fingerprint density at radius 3 is 2.36 bits per heavy atom. The number of carboxylic acids is 1. The number of rotatable bonds is 5. The maximum absolute atomic E-state index is 13.5. The summed E-state index contributed by atoms with van der Waals surface area (Å²) in [6.07, 6.45) is 0.185. The summed E-state index contributed by atoms with van der Waals surface area (Å²) in [5.41, 5.74) is 0.413. The molecule has 7 heteroatoms. The maximum Gasteiger partial charge on any atom is 0.304 e. The third-order valence-electron chi connectivity index (χ3n) is 3.67. The molecule has 1 aliphatic rings. The summed E-state index contributed by atoms with van der Waals surface area (Å²) in [5, 5.41) is 8.65. The van der Waals surface area contributed by atoms with Crippen LogP contribution in [0.2, 0.25) is 0 Å². The summed E-state index contributed by atoms with van der Waals surface area (Å²) < 4.78 is 13.5. The van der Waals surface area contributed by atoms with Crippen LogP contribution in [-0.4, -0.2) is 59.5 Å². The van der Waals surface area contributed by atoms with Crippen LogP contribution in [-0.2, 0) is 16.0 Å². The van der Waals surface area contributed by atoms with Gasteiger partial charge in [0.25, 0.3) is 0 Å². The first-order valence-corrected chi connectivity index (χ1v) is 7.01. The lowest BCUT2D eigenvalue weighted by atomic mass is 10.1. The van der Waals surface area contributed by atoms with Crippen molar-refractivity contribution in [3.05, 3.63) is 35.6 Å². The van der Waals surface area contributed by atoms with Crippen LogP contribution in [0, 0.1) is 5.82 Å². The number of nitrogens with zero attached hydrogens (tertiary/aromatic N) is 2. The van der Waals surface area contributed by atoms with Gasteiger partial charge in [-0.2, -0.15) is 0 Å². The number of hydrogen-bond donors (Lipinski definition) is 1. The van der Waals surface area contributed by atoms with E-state index in [9.17, 15) is 14.0 Å². The van der Waals surface area contributed by atoms with E-state index in [-0.39, 0.29) is 37.0 Å². The monoisotopic (exact) mass is 330 g/mol. The minimum absolute atomic E-state index is 0. The highest BCUT2D eigenvalue weighted by Gasteiger charge is 2.21. The number of piperazine rings is 1. The van der Waals surface area contributed by atoms with Crippen molar-refractivity contribution in [2.24, 2.45) is 0 Å². The molecule has 5 nitrogen and oxygen atoms in total. The molecule has 0 spiro atoms. The SMILES string of the molecule is Cl.O=C(O)CCN1CCN(C(=O)Cc2ccccc2F)CC1. The Balaban J connectivity index is 0.00000242. The molecule has 0 aromatic heterocycles. The summed E-state index contributed by atoms with van der Waals surface area (Å²) in [7, 11) is 0. The van der Waals surface area contributed by atoms with E-state index < -0.39 is 5.97 Å². The first-order chi connectivity index (χ1) is 10.1. The van der Waals surface area contributed by atoms with Crippen molar-refractivity contribution < 1.29 is 19.1 Å². The van der Waals surface area contributed by atoms with Crippen molar-refractivity contribution in [3.8, 4) is 0 Å². The van der Waals surface area contributed by atoms with Crippen LogP contribution in [0.25, 0.3) is 0 Å². The lowest BCUT2D eigenvalue weighted by Gasteiger charge is -2.34. The smallest absolute Gasteiger partial charge is 0.304 e. The lowest BCUT2D eigenvalue weighted by Crippen LogP contribution is -2.49. The Kier molecular flexibility index (Phi) is 7.27. The van der Waals surface area contributed by atoms with Crippen molar-refractivity contribution in [2.75, 3.05) is 32.7 Å². The van der Waals surface area contributed by atoms with E-state index >= 15 is 0 Å². The Labute approximate surface area is 135 Å². The summed E-state index contributed by atoms with van der Waals surface area (Å²) in [5.74, 6) is -1.25. The van der Waals surface area contributed by atoms with Gasteiger partial charge in [-0.25, -0.2) is 4.39 Å². The molecule has 0 bridgehead atoms. The van der Waals surface area contributed by atoms with Crippen molar-refractivity contribution >= 4 is 24.3 Å². The lowest BCUT2D eigenvalue weighted by molar-refractivity contribution is -0.138. The molecule has 122 valence electrons. The highest BCUT2D eigenvalue weighted by atomic mass is 35.5. The Bertz CT molecular complexity index is 519. The van der Waals surface area contributed by atoms with Crippen molar-refractivity contribution in [3.63, 3.8) is 0 Å². The zero-order valence-corrected chi connectivity index (χ0v) is 13.0. The van der Waals surface area contributed by atoms with Crippen LogP contribution in [0.15, 0.2) is 24.3 Å². The minimum atomic E-state index is -0.812. The quantitative estimate of drug-likeness (QED) is 0.886. The maximum atomic E-state index is 13.5. The van der Waals surface area contributed by atoms with E-state index in [0.29, 0.717) is 38.3 Å². The third kappa shape index (κ3) is 5.27. The molecule has 2 rings (SSSR count). The van der Waals surface area contributed by atoms with Gasteiger partial charge in [0.2, 0.25) is 5.91 Å². The fourth-order valence-electron chi connectivity index (χ4n) is 2.39. The Morgan fingerprint density at radius 2 is 1.77 bits per heavy atom. The number of benzene rings is 1. The minimum Gasteiger partial charge on any atom is -0.481 e. The molecule has 0 unspecified atom stereocenters. The van der Waals surface area contributed by atoms with Gasteiger partial charge in [-0.15, -0.1) is 12.4 Å². The molecule has 1 N–H and O–H groups in total. The molecule has 0 saturated carbocycles. The molecule has 0 aliphatic carbocycles. The van der Waals surface area contributed by atoms with Gasteiger partial charge in [0.05, 0.1) is 12.8 Å². The van der Waals surface area contributed by atoms with Crippen LogP contribution in [0.5, 0.6) is 0 Å². The molecule has 22 heavy (non-hydrogen) atoms. The molecule has 1 fully saturated rings. The fraction of sp³-hybridized carbons (Fsp3) is 0.467. The average Bonchev–Trinajstić information content (AvgIpc) is 2.48. The fourth-order valence-corrected chi connectivity index (χ4v) is 2.39. The van der Waals surface area contributed by atoms with Gasteiger partial charge in [-0.05, 0) is 11.6 Å². The zero-order valence-electron chi connectivity index (χ0n) is 12.2. The number of carboxylic acid groups (broad SMARTS) is 1. The van der Waals surface area contributed by atoms with Crippen LogP contribution in [0.3, 0.4) is 0 Å². The molecule has 1 saturated heterocycles. The van der Waals surface area contributed by atoms with E-state index in [1.165, 1.54) is 6.07 Å². The van der Waals surface area contributed by atoms with E-state index in [1.54, 1.807) is 23.1 Å². The molecule has 1 amide bonds. The predicted octanol–water partition coefficient (Wildman–Crippen LogP) is 1.41. The topological polar surface area (TPSA) is 60.9 Å². The van der Waals surface area contributed by atoms with Gasteiger partial charge in [0.15, 0.2) is 0 Å². The van der Waals surface area contributed by atoms with Crippen molar-refractivity contribution in [1.29, 1.82) is 0 Å². The summed E-state index contributed by atoms with van der Waals surface area (Å²) in [6.45, 7) is 2.96. The van der Waals surface area contributed by atoms with E-state index in [0.717, 1.165) is 0 Å². The summed E-state index contributed by atoms with van der Waals surface area (Å²) >= 11 is 0. The number of carbonyl (C=O) groups excluding carboxylic acids is 1. The normalized spacial score (nSPS) is 15.2. The number of amides is 1. The van der Waals surface area contributed by atoms with Crippen LogP contribution >= 0.6 is 12.4 Å². The first kappa shape index (κ1) is 18.4. The van der Waals surface area contributed by atoms with Gasteiger partial charge in [-0.1, -0.05) is 18.2 Å². The molecule has 0 radical (unpaired) electrons. The molecular formula is C15H20ClFN2O3. The summed E-state index contributed by atoms with van der Waals surface area (Å²) in [6, 6.07) is 6.29. The number of hydrogen-bond acceptors (Lipinski definition) is 3. The van der Waals surface area contributed by atoms with Crippen molar-refractivity contribution in [1.82, 2.24) is 9.80 Å². The van der Waals surface area contributed by atoms with Gasteiger partial charge in [0.1, 0.15) is 5.82 Å². The van der Waals surface area contributed by atoms with Crippen LogP contribution < -0.4 is 0 Å². The van der Waals surface area contributed by atoms with Crippen molar-refractivity contribution in [2.45, 2.75) is 12.8 Å². The molecule has 1 aromatic carbocycles. The van der Waals surface area contributed by atoms with E-state index in [2.05, 4.69) is 0 Å². The van der Waals surface area contributed by atoms with Gasteiger partial charge in [-0.3, -0.25) is 14.5 Å². The standard InChI is InChI=1S/C15H19FN2O3.ClH/c16-13-4-2-1-3-12(13)11-14(19)18-9-7-17(8-10-18)6-5-15(20)21;/h1-4H,5-11H2,(H,20,21);1H. The second-order valence-electron chi connectivity index (χ2n) is 5.13. The van der Waals surface area contributed by atoms with E-state index in [4.69, 9.17) is 5.11 Å².